The molecule has 3 heteroatoms. The predicted octanol–water partition coefficient (Wildman–Crippen LogP) is 1.45. The van der Waals surface area contributed by atoms with Crippen LogP contribution in [0.2, 0.25) is 0 Å². The molecule has 1 unspecified atom stereocenters. The minimum absolute atomic E-state index is 0.136. The molecule has 0 spiro atoms. The van der Waals surface area contributed by atoms with Crippen LogP contribution in [0.3, 0.4) is 0 Å². The summed E-state index contributed by atoms with van der Waals surface area (Å²) in [5.41, 5.74) is 0.884. The van der Waals surface area contributed by atoms with Crippen LogP contribution in [0.4, 0.5) is 0 Å². The third-order valence-electron chi connectivity index (χ3n) is 2.70. The molecule has 0 N–H and O–H groups in total. The van der Waals surface area contributed by atoms with Gasteiger partial charge in [0, 0.05) is 24.2 Å². The van der Waals surface area contributed by atoms with Gasteiger partial charge in [0.1, 0.15) is 5.82 Å². The van der Waals surface area contributed by atoms with Crippen LogP contribution in [0.5, 0.6) is 0 Å². The smallest absolute Gasteiger partial charge is 0.256 e. The molecule has 0 saturated carbocycles. The maximum absolute atomic E-state index is 11.7. The van der Waals surface area contributed by atoms with E-state index in [1.54, 1.807) is 6.20 Å². The lowest BCUT2D eigenvalue weighted by atomic mass is 10.1. The van der Waals surface area contributed by atoms with E-state index in [1.165, 1.54) is 0 Å². The van der Waals surface area contributed by atoms with Crippen molar-refractivity contribution in [1.29, 1.82) is 0 Å². The number of aromatic nitrogens is 2. The SMILES string of the molecule is Cc1cnc2n(c1=O)C(C)CCC2. The van der Waals surface area contributed by atoms with E-state index in [0.717, 1.165) is 30.7 Å². The molecule has 13 heavy (non-hydrogen) atoms. The zero-order chi connectivity index (χ0) is 9.42. The van der Waals surface area contributed by atoms with E-state index >= 15 is 0 Å². The molecule has 1 aliphatic rings. The van der Waals surface area contributed by atoms with Crippen molar-refractivity contribution in [3.8, 4) is 0 Å². The quantitative estimate of drug-likeness (QED) is 0.602. The number of rotatable bonds is 0. The molecule has 70 valence electrons. The highest BCUT2D eigenvalue weighted by atomic mass is 16.1. The number of hydrogen-bond acceptors (Lipinski definition) is 2. The zero-order valence-electron chi connectivity index (χ0n) is 8.08. The lowest BCUT2D eigenvalue weighted by Crippen LogP contribution is -2.31. The fourth-order valence-corrected chi connectivity index (χ4v) is 1.92. The van der Waals surface area contributed by atoms with Gasteiger partial charge in [-0.05, 0) is 26.7 Å². The van der Waals surface area contributed by atoms with Gasteiger partial charge in [-0.3, -0.25) is 9.36 Å². The molecule has 3 nitrogen and oxygen atoms in total. The van der Waals surface area contributed by atoms with E-state index in [9.17, 15) is 4.79 Å². The Labute approximate surface area is 77.4 Å². The minimum atomic E-state index is 0.136. The fourth-order valence-electron chi connectivity index (χ4n) is 1.92. The summed E-state index contributed by atoms with van der Waals surface area (Å²) in [6.07, 6.45) is 4.88. The second-order valence-corrected chi connectivity index (χ2v) is 3.77. The fraction of sp³-hybridized carbons (Fsp3) is 0.600. The van der Waals surface area contributed by atoms with E-state index in [4.69, 9.17) is 0 Å². The van der Waals surface area contributed by atoms with Crippen LogP contribution in [0.25, 0.3) is 0 Å². The summed E-state index contributed by atoms with van der Waals surface area (Å²) in [5, 5.41) is 0. The largest absolute Gasteiger partial charge is 0.294 e. The van der Waals surface area contributed by atoms with Crippen LogP contribution < -0.4 is 5.56 Å². The summed E-state index contributed by atoms with van der Waals surface area (Å²) in [6, 6.07) is 0.323. The molecule has 0 fully saturated rings. The van der Waals surface area contributed by atoms with Gasteiger partial charge >= 0.3 is 0 Å². The van der Waals surface area contributed by atoms with Crippen LogP contribution in [0, 0.1) is 6.92 Å². The first-order chi connectivity index (χ1) is 6.20. The topological polar surface area (TPSA) is 34.9 Å². The molecule has 2 heterocycles. The van der Waals surface area contributed by atoms with Crippen molar-refractivity contribution < 1.29 is 0 Å². The van der Waals surface area contributed by atoms with Crippen molar-refractivity contribution in [2.24, 2.45) is 0 Å². The van der Waals surface area contributed by atoms with Crippen LogP contribution in [-0.2, 0) is 6.42 Å². The molecule has 1 aliphatic heterocycles. The Kier molecular flexibility index (Phi) is 1.94. The third-order valence-corrected chi connectivity index (χ3v) is 2.70. The minimum Gasteiger partial charge on any atom is -0.294 e. The van der Waals surface area contributed by atoms with Gasteiger partial charge in [-0.1, -0.05) is 0 Å². The zero-order valence-corrected chi connectivity index (χ0v) is 8.08. The molecular weight excluding hydrogens is 164 g/mol. The Hall–Kier alpha value is -1.12. The molecular formula is C10H14N2O. The average Bonchev–Trinajstić information content (AvgIpc) is 2.12. The summed E-state index contributed by atoms with van der Waals surface area (Å²) in [6.45, 7) is 3.91. The summed E-state index contributed by atoms with van der Waals surface area (Å²) in [5.74, 6) is 0.953. The van der Waals surface area contributed by atoms with Crippen molar-refractivity contribution in [2.45, 2.75) is 39.2 Å². The maximum Gasteiger partial charge on any atom is 0.256 e. The van der Waals surface area contributed by atoms with Crippen molar-refractivity contribution in [3.63, 3.8) is 0 Å². The van der Waals surface area contributed by atoms with Crippen molar-refractivity contribution in [1.82, 2.24) is 9.55 Å². The number of nitrogens with zero attached hydrogens (tertiary/aromatic N) is 2. The van der Waals surface area contributed by atoms with Crippen LogP contribution in [0.1, 0.15) is 37.2 Å². The molecule has 1 atom stereocenters. The molecule has 0 radical (unpaired) electrons. The Bertz CT molecular complexity index is 381. The predicted molar refractivity (Wildman–Crippen MR) is 50.9 cm³/mol. The number of aryl methyl sites for hydroxylation is 2. The molecule has 2 rings (SSSR count). The maximum atomic E-state index is 11.7. The van der Waals surface area contributed by atoms with Crippen LogP contribution in [0.15, 0.2) is 11.0 Å². The van der Waals surface area contributed by atoms with Gasteiger partial charge in [-0.2, -0.15) is 0 Å². The molecule has 1 aromatic rings. The van der Waals surface area contributed by atoms with Gasteiger partial charge < -0.3 is 0 Å². The normalized spacial score (nSPS) is 21.2. The summed E-state index contributed by atoms with van der Waals surface area (Å²) < 4.78 is 1.85. The van der Waals surface area contributed by atoms with Gasteiger partial charge in [0.05, 0.1) is 0 Å². The van der Waals surface area contributed by atoms with Gasteiger partial charge in [0.25, 0.3) is 5.56 Å². The van der Waals surface area contributed by atoms with Gasteiger partial charge in [-0.25, -0.2) is 4.98 Å². The van der Waals surface area contributed by atoms with Crippen LogP contribution >= 0.6 is 0 Å². The van der Waals surface area contributed by atoms with E-state index in [-0.39, 0.29) is 5.56 Å². The first-order valence-corrected chi connectivity index (χ1v) is 4.77. The van der Waals surface area contributed by atoms with E-state index < -0.39 is 0 Å². The number of hydrogen-bond donors (Lipinski definition) is 0. The lowest BCUT2D eigenvalue weighted by Gasteiger charge is -2.23. The van der Waals surface area contributed by atoms with Crippen LogP contribution in [-0.4, -0.2) is 9.55 Å². The van der Waals surface area contributed by atoms with E-state index in [2.05, 4.69) is 11.9 Å². The standard InChI is InChI=1S/C10H14N2O/c1-7-6-11-9-5-3-4-8(2)12(9)10(7)13/h6,8H,3-5H2,1-2H3. The Morgan fingerprint density at radius 2 is 2.38 bits per heavy atom. The Morgan fingerprint density at radius 3 is 3.15 bits per heavy atom. The molecule has 1 aromatic heterocycles. The highest BCUT2D eigenvalue weighted by Gasteiger charge is 2.18. The molecule has 0 aromatic carbocycles. The lowest BCUT2D eigenvalue weighted by molar-refractivity contribution is 0.403. The van der Waals surface area contributed by atoms with Crippen molar-refractivity contribution in [2.75, 3.05) is 0 Å². The summed E-state index contributed by atoms with van der Waals surface area (Å²) in [7, 11) is 0. The molecule has 0 saturated heterocycles. The highest BCUT2D eigenvalue weighted by Crippen LogP contribution is 2.20. The second kappa shape index (κ2) is 2.98. The Morgan fingerprint density at radius 1 is 1.62 bits per heavy atom. The van der Waals surface area contributed by atoms with Gasteiger partial charge in [-0.15, -0.1) is 0 Å². The summed E-state index contributed by atoms with van der Waals surface area (Å²) in [4.78, 5) is 16.0. The number of fused-ring (bicyclic) bond motifs is 1. The first-order valence-electron chi connectivity index (χ1n) is 4.77. The van der Waals surface area contributed by atoms with Crippen molar-refractivity contribution >= 4 is 0 Å². The highest BCUT2D eigenvalue weighted by molar-refractivity contribution is 5.08. The van der Waals surface area contributed by atoms with Gasteiger partial charge in [0.2, 0.25) is 0 Å². The molecule has 0 bridgehead atoms. The van der Waals surface area contributed by atoms with Gasteiger partial charge in [0.15, 0.2) is 0 Å². The van der Waals surface area contributed by atoms with E-state index in [0.29, 0.717) is 6.04 Å². The average molecular weight is 178 g/mol. The molecule has 0 amide bonds. The van der Waals surface area contributed by atoms with Crippen molar-refractivity contribution in [3.05, 3.63) is 27.9 Å². The van der Waals surface area contributed by atoms with E-state index in [1.807, 2.05) is 11.5 Å². The summed E-state index contributed by atoms with van der Waals surface area (Å²) >= 11 is 0. The second-order valence-electron chi connectivity index (χ2n) is 3.77. The Balaban J connectivity index is 2.65. The third kappa shape index (κ3) is 1.28. The first kappa shape index (κ1) is 8.48. The molecule has 0 aliphatic carbocycles. The monoisotopic (exact) mass is 178 g/mol.